The molecule has 122 valence electrons. The van der Waals surface area contributed by atoms with Crippen molar-refractivity contribution in [2.45, 2.75) is 10.4 Å². The van der Waals surface area contributed by atoms with E-state index in [1.54, 1.807) is 0 Å². The van der Waals surface area contributed by atoms with E-state index in [9.17, 15) is 26.7 Å². The van der Waals surface area contributed by atoms with Gasteiger partial charge in [0.25, 0.3) is 5.91 Å². The van der Waals surface area contributed by atoms with Crippen LogP contribution in [0.5, 0.6) is 0 Å². The molecule has 9 heteroatoms. The average molecular weight is 368 g/mol. The minimum atomic E-state index is -4.54. The van der Waals surface area contributed by atoms with E-state index in [0.717, 1.165) is 0 Å². The number of nitrogens with one attached hydrogen (secondary N) is 1. The van der Waals surface area contributed by atoms with Crippen LogP contribution in [-0.2, 0) is 0 Å². The fourth-order valence-electron chi connectivity index (χ4n) is 1.67. The second-order valence-corrected chi connectivity index (χ2v) is 5.76. The van der Waals surface area contributed by atoms with E-state index in [2.05, 4.69) is 5.32 Å². The summed E-state index contributed by atoms with van der Waals surface area (Å²) in [5, 5.41) is 1.84. The third kappa shape index (κ3) is 4.59. The minimum Gasteiger partial charge on any atom is -0.321 e. The Hall–Kier alpha value is -1.80. The van der Waals surface area contributed by atoms with Gasteiger partial charge in [0, 0.05) is 4.90 Å². The standard InChI is InChI=1S/C14H7ClF5NOS/c15-8-6-10(17)9(16)5-7(8)13(22)21-11-3-1-2-4-12(11)23-14(18,19)20/h1-6H,(H,21,22). The fraction of sp³-hybridized carbons (Fsp3) is 0.0714. The molecule has 0 aromatic heterocycles. The molecule has 0 aliphatic rings. The van der Waals surface area contributed by atoms with E-state index in [0.29, 0.717) is 12.1 Å². The van der Waals surface area contributed by atoms with Crippen LogP contribution in [0.4, 0.5) is 27.6 Å². The first kappa shape index (κ1) is 17.6. The Kier molecular flexibility index (Phi) is 5.16. The Bertz CT molecular complexity index is 750. The summed E-state index contributed by atoms with van der Waals surface area (Å²) < 4.78 is 63.6. The van der Waals surface area contributed by atoms with Gasteiger partial charge in [-0.05, 0) is 36.0 Å². The zero-order chi connectivity index (χ0) is 17.2. The molecule has 0 bridgehead atoms. The van der Waals surface area contributed by atoms with Gasteiger partial charge in [-0.3, -0.25) is 4.79 Å². The lowest BCUT2D eigenvalue weighted by Gasteiger charge is -2.12. The molecule has 2 rings (SSSR count). The molecule has 0 fully saturated rings. The Balaban J connectivity index is 2.30. The topological polar surface area (TPSA) is 29.1 Å². The summed E-state index contributed by atoms with van der Waals surface area (Å²) in [5.41, 5.74) is -5.06. The highest BCUT2D eigenvalue weighted by atomic mass is 35.5. The lowest BCUT2D eigenvalue weighted by Crippen LogP contribution is -2.14. The molecular formula is C14H7ClF5NOS. The maximum atomic E-state index is 13.2. The van der Waals surface area contributed by atoms with Crippen LogP contribution in [-0.4, -0.2) is 11.4 Å². The zero-order valence-corrected chi connectivity index (χ0v) is 12.6. The number of alkyl halides is 3. The van der Waals surface area contributed by atoms with Crippen molar-refractivity contribution >= 4 is 35.0 Å². The fourth-order valence-corrected chi connectivity index (χ4v) is 2.53. The molecule has 2 aromatic carbocycles. The molecule has 1 N–H and O–H groups in total. The molecule has 0 spiro atoms. The van der Waals surface area contributed by atoms with Crippen molar-refractivity contribution in [3.05, 3.63) is 58.6 Å². The number of para-hydroxylation sites is 1. The number of benzene rings is 2. The molecule has 23 heavy (non-hydrogen) atoms. The molecule has 0 saturated carbocycles. The summed E-state index contributed by atoms with van der Waals surface area (Å²) in [4.78, 5) is 11.8. The molecule has 1 amide bonds. The van der Waals surface area contributed by atoms with Crippen molar-refractivity contribution in [1.29, 1.82) is 0 Å². The summed E-state index contributed by atoms with van der Waals surface area (Å²) >= 11 is 5.25. The van der Waals surface area contributed by atoms with Gasteiger partial charge < -0.3 is 5.32 Å². The van der Waals surface area contributed by atoms with Crippen molar-refractivity contribution in [1.82, 2.24) is 0 Å². The first-order valence-electron chi connectivity index (χ1n) is 5.98. The quantitative estimate of drug-likeness (QED) is 0.442. The molecule has 2 aromatic rings. The third-order valence-electron chi connectivity index (χ3n) is 2.62. The summed E-state index contributed by atoms with van der Waals surface area (Å²) in [6.45, 7) is 0. The normalized spacial score (nSPS) is 11.4. The zero-order valence-electron chi connectivity index (χ0n) is 11.0. The van der Waals surface area contributed by atoms with Crippen LogP contribution in [0.25, 0.3) is 0 Å². The number of amides is 1. The Morgan fingerprint density at radius 1 is 1.09 bits per heavy atom. The first-order chi connectivity index (χ1) is 10.7. The highest BCUT2D eigenvalue weighted by Crippen LogP contribution is 2.40. The third-order valence-corrected chi connectivity index (χ3v) is 3.74. The highest BCUT2D eigenvalue weighted by Gasteiger charge is 2.30. The van der Waals surface area contributed by atoms with Gasteiger partial charge in [-0.2, -0.15) is 13.2 Å². The number of rotatable bonds is 3. The van der Waals surface area contributed by atoms with Crippen LogP contribution < -0.4 is 5.32 Å². The molecule has 0 aliphatic heterocycles. The monoisotopic (exact) mass is 367 g/mol. The van der Waals surface area contributed by atoms with E-state index in [4.69, 9.17) is 11.6 Å². The molecule has 0 unspecified atom stereocenters. The molecule has 0 radical (unpaired) electrons. The molecule has 0 saturated heterocycles. The number of hydrogen-bond acceptors (Lipinski definition) is 2. The molecule has 0 atom stereocenters. The van der Waals surface area contributed by atoms with Crippen molar-refractivity contribution < 1.29 is 26.7 Å². The predicted octanol–water partition coefficient (Wildman–Crippen LogP) is 5.48. The van der Waals surface area contributed by atoms with E-state index >= 15 is 0 Å². The van der Waals surface area contributed by atoms with Gasteiger partial charge in [-0.1, -0.05) is 23.7 Å². The number of anilines is 1. The van der Waals surface area contributed by atoms with Crippen molar-refractivity contribution in [3.63, 3.8) is 0 Å². The summed E-state index contributed by atoms with van der Waals surface area (Å²) in [7, 11) is 0. The lowest BCUT2D eigenvalue weighted by molar-refractivity contribution is -0.0328. The van der Waals surface area contributed by atoms with Crippen LogP contribution in [0, 0.1) is 11.6 Å². The van der Waals surface area contributed by atoms with Gasteiger partial charge in [0.15, 0.2) is 11.6 Å². The van der Waals surface area contributed by atoms with E-state index in [-0.39, 0.29) is 15.6 Å². The molecule has 0 heterocycles. The lowest BCUT2D eigenvalue weighted by atomic mass is 10.2. The molecule has 2 nitrogen and oxygen atoms in total. The van der Waals surface area contributed by atoms with Crippen LogP contribution in [0.3, 0.4) is 0 Å². The van der Waals surface area contributed by atoms with E-state index in [1.165, 1.54) is 24.3 Å². The summed E-state index contributed by atoms with van der Waals surface area (Å²) in [6.07, 6.45) is 0. The molecule has 0 aliphatic carbocycles. The average Bonchev–Trinajstić information content (AvgIpc) is 2.43. The number of hydrogen-bond donors (Lipinski definition) is 1. The Labute approximate surface area is 136 Å². The Morgan fingerprint density at radius 3 is 2.35 bits per heavy atom. The second kappa shape index (κ2) is 6.76. The number of carbonyl (C=O) groups excluding carboxylic acids is 1. The van der Waals surface area contributed by atoms with Crippen molar-refractivity contribution in [2.75, 3.05) is 5.32 Å². The highest BCUT2D eigenvalue weighted by molar-refractivity contribution is 8.00. The van der Waals surface area contributed by atoms with Crippen LogP contribution >= 0.6 is 23.4 Å². The van der Waals surface area contributed by atoms with Gasteiger partial charge >= 0.3 is 5.51 Å². The van der Waals surface area contributed by atoms with Crippen LogP contribution in [0.2, 0.25) is 5.02 Å². The minimum absolute atomic E-state index is 0.124. The van der Waals surface area contributed by atoms with Gasteiger partial charge in [0.05, 0.1) is 16.3 Å². The first-order valence-corrected chi connectivity index (χ1v) is 7.17. The maximum Gasteiger partial charge on any atom is 0.446 e. The number of halogens is 6. The van der Waals surface area contributed by atoms with Gasteiger partial charge in [0.1, 0.15) is 0 Å². The van der Waals surface area contributed by atoms with Crippen LogP contribution in [0.15, 0.2) is 41.3 Å². The molecular weight excluding hydrogens is 361 g/mol. The summed E-state index contributed by atoms with van der Waals surface area (Å²) in [6, 6.07) is 6.40. The SMILES string of the molecule is O=C(Nc1ccccc1SC(F)(F)F)c1cc(F)c(F)cc1Cl. The predicted molar refractivity (Wildman–Crippen MR) is 77.7 cm³/mol. The summed E-state index contributed by atoms with van der Waals surface area (Å²) in [5.74, 6) is -3.48. The van der Waals surface area contributed by atoms with Crippen molar-refractivity contribution in [3.8, 4) is 0 Å². The number of thioether (sulfide) groups is 1. The van der Waals surface area contributed by atoms with Gasteiger partial charge in [0.2, 0.25) is 0 Å². The van der Waals surface area contributed by atoms with Crippen molar-refractivity contribution in [2.24, 2.45) is 0 Å². The number of carbonyl (C=O) groups is 1. The smallest absolute Gasteiger partial charge is 0.321 e. The van der Waals surface area contributed by atoms with Gasteiger partial charge in [-0.25, -0.2) is 8.78 Å². The second-order valence-electron chi connectivity index (χ2n) is 4.24. The van der Waals surface area contributed by atoms with E-state index in [1.807, 2.05) is 0 Å². The van der Waals surface area contributed by atoms with Crippen LogP contribution in [0.1, 0.15) is 10.4 Å². The van der Waals surface area contributed by atoms with E-state index < -0.39 is 40.4 Å². The Morgan fingerprint density at radius 2 is 1.70 bits per heavy atom. The van der Waals surface area contributed by atoms with Gasteiger partial charge in [-0.15, -0.1) is 0 Å². The largest absolute Gasteiger partial charge is 0.446 e. The maximum absolute atomic E-state index is 13.2.